The standard InChI is InChI=1S/C27H16F8N6O2/c1-2-43-25(42)22(41-11-20-24(36-12-41)38-23(37-20)15-4-3-5-17(28)21(15)29)19-9-8-18(39-40-19)14-7-6-13(26(30,31)32)10-16(14)27(33,34)35/h3-12,22H,2H2,1H3. The summed E-state index contributed by atoms with van der Waals surface area (Å²) >= 11 is 0. The van der Waals surface area contributed by atoms with Crippen molar-refractivity contribution < 1.29 is 44.7 Å². The van der Waals surface area contributed by atoms with Crippen molar-refractivity contribution in [2.24, 2.45) is 0 Å². The molecule has 0 bridgehead atoms. The molecule has 0 aliphatic carbocycles. The average Bonchev–Trinajstić information content (AvgIpc) is 3.37. The molecule has 0 saturated carbocycles. The van der Waals surface area contributed by atoms with E-state index in [0.29, 0.717) is 12.1 Å². The monoisotopic (exact) mass is 608 g/mol. The normalized spacial score (nSPS) is 12.9. The third kappa shape index (κ3) is 5.85. The van der Waals surface area contributed by atoms with Crippen LogP contribution in [-0.2, 0) is 21.9 Å². The highest BCUT2D eigenvalue weighted by Crippen LogP contribution is 2.40. The number of nitrogens with zero attached hydrogens (tertiary/aromatic N) is 6. The second-order valence-electron chi connectivity index (χ2n) is 8.93. The minimum atomic E-state index is -5.14. The van der Waals surface area contributed by atoms with Crippen LogP contribution in [0, 0.1) is 11.6 Å². The molecule has 3 heterocycles. The second kappa shape index (κ2) is 11.0. The Morgan fingerprint density at radius 2 is 1.65 bits per heavy atom. The van der Waals surface area contributed by atoms with Crippen LogP contribution in [0.5, 0.6) is 0 Å². The third-order valence-electron chi connectivity index (χ3n) is 6.15. The Balaban J connectivity index is 1.54. The minimum Gasteiger partial charge on any atom is -0.464 e. The summed E-state index contributed by atoms with van der Waals surface area (Å²) in [6, 6.07) is 5.39. The maximum atomic E-state index is 14.3. The second-order valence-corrected chi connectivity index (χ2v) is 8.93. The maximum absolute atomic E-state index is 14.3. The molecule has 1 atom stereocenters. The molecule has 5 rings (SSSR count). The van der Waals surface area contributed by atoms with E-state index in [-0.39, 0.29) is 41.3 Å². The van der Waals surface area contributed by atoms with Crippen molar-refractivity contribution in [2.75, 3.05) is 6.61 Å². The molecule has 2 aliphatic heterocycles. The number of imidazole rings is 1. The maximum Gasteiger partial charge on any atom is 0.417 e. The van der Waals surface area contributed by atoms with E-state index < -0.39 is 58.4 Å². The molecule has 0 radical (unpaired) electrons. The van der Waals surface area contributed by atoms with Crippen LogP contribution in [0.3, 0.4) is 0 Å². The molecular formula is C27H16F8N6O2. The first-order chi connectivity index (χ1) is 20.3. The van der Waals surface area contributed by atoms with Gasteiger partial charge in [-0.25, -0.2) is 28.5 Å². The quantitative estimate of drug-likeness (QED) is 0.163. The molecule has 2 aromatic carbocycles. The number of alkyl halides is 6. The number of carbonyl (C=O) groups excluding carboxylic acids is 1. The summed E-state index contributed by atoms with van der Waals surface area (Å²) in [5.41, 5.74) is -4.41. The molecule has 16 heteroatoms. The first kappa shape index (κ1) is 29.5. The van der Waals surface area contributed by atoms with Gasteiger partial charge in [0, 0.05) is 11.8 Å². The van der Waals surface area contributed by atoms with Gasteiger partial charge >= 0.3 is 18.3 Å². The molecule has 0 fully saturated rings. The van der Waals surface area contributed by atoms with Crippen LogP contribution in [0.15, 0.2) is 61.1 Å². The molecular weight excluding hydrogens is 592 g/mol. The van der Waals surface area contributed by atoms with Crippen LogP contribution in [0.2, 0.25) is 0 Å². The van der Waals surface area contributed by atoms with Gasteiger partial charge in [-0.3, -0.25) is 0 Å². The molecule has 0 amide bonds. The lowest BCUT2D eigenvalue weighted by Gasteiger charge is -2.19. The van der Waals surface area contributed by atoms with Gasteiger partial charge in [-0.15, -0.1) is 0 Å². The van der Waals surface area contributed by atoms with Gasteiger partial charge < -0.3 is 9.30 Å². The van der Waals surface area contributed by atoms with Gasteiger partial charge in [-0.1, -0.05) is 12.1 Å². The summed E-state index contributed by atoms with van der Waals surface area (Å²) in [4.78, 5) is 25.3. The fourth-order valence-corrected chi connectivity index (χ4v) is 4.19. The van der Waals surface area contributed by atoms with E-state index in [1.54, 1.807) is 0 Å². The summed E-state index contributed by atoms with van der Waals surface area (Å²) in [5.74, 6) is -3.30. The molecule has 43 heavy (non-hydrogen) atoms. The number of esters is 1. The SMILES string of the molecule is CCOC(=O)C(c1ccc(-c2ccc(C(F)(F)F)cc2C(F)(F)F)nn1)n1cnc2nc(-c3cccc(F)c3F)nc-2c1. The Morgan fingerprint density at radius 3 is 2.30 bits per heavy atom. The highest BCUT2D eigenvalue weighted by Gasteiger charge is 2.39. The van der Waals surface area contributed by atoms with Crippen molar-refractivity contribution in [3.05, 3.63) is 89.5 Å². The van der Waals surface area contributed by atoms with E-state index in [4.69, 9.17) is 4.74 Å². The van der Waals surface area contributed by atoms with Crippen LogP contribution in [0.25, 0.3) is 34.2 Å². The zero-order valence-corrected chi connectivity index (χ0v) is 21.6. The number of aromatic nitrogens is 6. The molecule has 0 spiro atoms. The van der Waals surface area contributed by atoms with Gasteiger partial charge in [0.1, 0.15) is 5.69 Å². The van der Waals surface area contributed by atoms with Crippen molar-refractivity contribution in [3.63, 3.8) is 0 Å². The van der Waals surface area contributed by atoms with Gasteiger partial charge in [0.2, 0.25) is 0 Å². The Kier molecular flexibility index (Phi) is 7.54. The predicted molar refractivity (Wildman–Crippen MR) is 132 cm³/mol. The molecule has 1 unspecified atom stereocenters. The molecule has 2 aliphatic rings. The van der Waals surface area contributed by atoms with Gasteiger partial charge in [0.05, 0.1) is 41.0 Å². The molecule has 3 aromatic rings. The van der Waals surface area contributed by atoms with Crippen molar-refractivity contribution in [1.29, 1.82) is 0 Å². The Hall–Kier alpha value is -5.02. The fraction of sp³-hybridized carbons (Fsp3) is 0.185. The Morgan fingerprint density at radius 1 is 0.884 bits per heavy atom. The van der Waals surface area contributed by atoms with Gasteiger partial charge in [0.25, 0.3) is 0 Å². The first-order valence-electron chi connectivity index (χ1n) is 12.2. The highest BCUT2D eigenvalue weighted by atomic mass is 19.4. The van der Waals surface area contributed by atoms with E-state index in [2.05, 4.69) is 25.1 Å². The molecule has 1 aromatic heterocycles. The van der Waals surface area contributed by atoms with E-state index in [1.165, 1.54) is 29.8 Å². The number of hydrogen-bond donors (Lipinski definition) is 0. The first-order valence-corrected chi connectivity index (χ1v) is 12.2. The number of hydrogen-bond acceptors (Lipinski definition) is 7. The van der Waals surface area contributed by atoms with E-state index in [9.17, 15) is 39.9 Å². The number of halogens is 8. The summed E-state index contributed by atoms with van der Waals surface area (Å²) in [5, 5.41) is 7.62. The number of fused-ring (bicyclic) bond motifs is 1. The Bertz CT molecular complexity index is 1770. The summed E-state index contributed by atoms with van der Waals surface area (Å²) in [6.07, 6.45) is -7.71. The lowest BCUT2D eigenvalue weighted by Crippen LogP contribution is -2.25. The fourth-order valence-electron chi connectivity index (χ4n) is 4.19. The van der Waals surface area contributed by atoms with Gasteiger partial charge in [-0.05, 0) is 43.3 Å². The van der Waals surface area contributed by atoms with Crippen molar-refractivity contribution in [1.82, 2.24) is 29.7 Å². The Labute approximate surface area is 236 Å². The van der Waals surface area contributed by atoms with Crippen LogP contribution in [0.1, 0.15) is 29.8 Å². The average molecular weight is 608 g/mol. The number of benzene rings is 2. The number of rotatable bonds is 6. The number of ether oxygens (including phenoxy) is 1. The summed E-state index contributed by atoms with van der Waals surface area (Å²) in [7, 11) is 0. The van der Waals surface area contributed by atoms with Crippen LogP contribution in [-0.4, -0.2) is 42.3 Å². The molecule has 222 valence electrons. The lowest BCUT2D eigenvalue weighted by molar-refractivity contribution is -0.146. The van der Waals surface area contributed by atoms with E-state index in [1.807, 2.05) is 0 Å². The van der Waals surface area contributed by atoms with E-state index >= 15 is 0 Å². The highest BCUT2D eigenvalue weighted by molar-refractivity contribution is 5.78. The largest absolute Gasteiger partial charge is 0.464 e. The third-order valence-corrected chi connectivity index (χ3v) is 6.15. The van der Waals surface area contributed by atoms with Crippen molar-refractivity contribution >= 4 is 5.97 Å². The van der Waals surface area contributed by atoms with Crippen LogP contribution < -0.4 is 0 Å². The smallest absolute Gasteiger partial charge is 0.417 e. The van der Waals surface area contributed by atoms with Crippen LogP contribution >= 0.6 is 0 Å². The zero-order valence-electron chi connectivity index (χ0n) is 21.6. The topological polar surface area (TPSA) is 95.7 Å². The molecule has 0 saturated heterocycles. The summed E-state index contributed by atoms with van der Waals surface area (Å²) in [6.45, 7) is 1.47. The van der Waals surface area contributed by atoms with E-state index in [0.717, 1.165) is 24.5 Å². The number of carbonyl (C=O) groups is 1. The molecule has 0 N–H and O–H groups in total. The van der Waals surface area contributed by atoms with Gasteiger partial charge in [-0.2, -0.15) is 36.5 Å². The lowest BCUT2D eigenvalue weighted by atomic mass is 10.00. The zero-order chi connectivity index (χ0) is 31.1. The van der Waals surface area contributed by atoms with Gasteiger partial charge in [0.15, 0.2) is 29.3 Å². The molecule has 8 nitrogen and oxygen atoms in total. The summed E-state index contributed by atoms with van der Waals surface area (Å²) < 4.78 is 114. The predicted octanol–water partition coefficient (Wildman–Crippen LogP) is 6.37. The van der Waals surface area contributed by atoms with Crippen LogP contribution in [0.4, 0.5) is 35.1 Å². The van der Waals surface area contributed by atoms with Crippen molar-refractivity contribution in [2.45, 2.75) is 25.3 Å². The minimum absolute atomic E-state index is 0.0199. The van der Waals surface area contributed by atoms with Crippen molar-refractivity contribution in [3.8, 4) is 34.2 Å².